The van der Waals surface area contributed by atoms with Crippen molar-refractivity contribution < 1.29 is 14.3 Å². The summed E-state index contributed by atoms with van der Waals surface area (Å²) in [6.45, 7) is 5.75. The minimum atomic E-state index is -0.151. The molecule has 0 fully saturated rings. The number of methoxy groups -OCH3 is 1. The summed E-state index contributed by atoms with van der Waals surface area (Å²) in [5.41, 5.74) is 2.19. The Morgan fingerprint density at radius 1 is 0.962 bits per heavy atom. The number of carbonyl (C=O) groups is 2. The number of carbonyl (C=O) groups excluding carboxylic acids is 2. The highest BCUT2D eigenvalue weighted by Crippen LogP contribution is 2.17. The van der Waals surface area contributed by atoms with Gasteiger partial charge in [-0.15, -0.1) is 0 Å². The van der Waals surface area contributed by atoms with Gasteiger partial charge < -0.3 is 15.0 Å². The van der Waals surface area contributed by atoms with Crippen LogP contribution in [0.3, 0.4) is 0 Å². The minimum Gasteiger partial charge on any atom is -0.496 e. The van der Waals surface area contributed by atoms with E-state index in [2.05, 4.69) is 5.32 Å². The Kier molecular flexibility index (Phi) is 7.21. The maximum atomic E-state index is 12.3. The van der Waals surface area contributed by atoms with Crippen molar-refractivity contribution in [2.45, 2.75) is 20.3 Å². The van der Waals surface area contributed by atoms with E-state index >= 15 is 0 Å². The van der Waals surface area contributed by atoms with Crippen molar-refractivity contribution in [1.29, 1.82) is 0 Å². The lowest BCUT2D eigenvalue weighted by molar-refractivity contribution is 0.0772. The van der Waals surface area contributed by atoms with Gasteiger partial charge in [-0.3, -0.25) is 9.59 Å². The molecule has 0 spiro atoms. The van der Waals surface area contributed by atoms with Gasteiger partial charge in [0.15, 0.2) is 0 Å². The van der Waals surface area contributed by atoms with Crippen molar-refractivity contribution in [2.24, 2.45) is 0 Å². The zero-order valence-electron chi connectivity index (χ0n) is 15.6. The fourth-order valence-electron chi connectivity index (χ4n) is 2.78. The number of nitrogens with zero attached hydrogens (tertiary/aromatic N) is 1. The van der Waals surface area contributed by atoms with Gasteiger partial charge in [-0.05, 0) is 56.2 Å². The van der Waals surface area contributed by atoms with Gasteiger partial charge >= 0.3 is 0 Å². The molecule has 0 saturated heterocycles. The normalized spacial score (nSPS) is 10.3. The Bertz CT molecular complexity index is 737. The van der Waals surface area contributed by atoms with E-state index in [0.717, 1.165) is 11.3 Å². The maximum Gasteiger partial charge on any atom is 0.253 e. The lowest BCUT2D eigenvalue weighted by Gasteiger charge is -2.18. The molecule has 2 aromatic carbocycles. The molecule has 0 saturated carbocycles. The van der Waals surface area contributed by atoms with Crippen LogP contribution >= 0.6 is 0 Å². The minimum absolute atomic E-state index is 0.0156. The number of ether oxygens (including phenoxy) is 1. The number of nitrogens with one attached hydrogen (secondary N) is 1. The van der Waals surface area contributed by atoms with E-state index in [-0.39, 0.29) is 11.8 Å². The van der Waals surface area contributed by atoms with Crippen LogP contribution in [0, 0.1) is 0 Å². The smallest absolute Gasteiger partial charge is 0.253 e. The predicted octanol–water partition coefficient (Wildman–Crippen LogP) is 3.15. The van der Waals surface area contributed by atoms with Gasteiger partial charge in [0.1, 0.15) is 5.75 Å². The van der Waals surface area contributed by atoms with Gasteiger partial charge in [0, 0.05) is 30.8 Å². The van der Waals surface area contributed by atoms with Crippen LogP contribution in [0.1, 0.15) is 40.1 Å². The van der Waals surface area contributed by atoms with Crippen molar-refractivity contribution in [1.82, 2.24) is 10.2 Å². The van der Waals surface area contributed by atoms with Crippen molar-refractivity contribution in [2.75, 3.05) is 26.7 Å². The SMILES string of the molecule is CCN(CC)C(=O)c1ccc(C(=O)NCCc2ccccc2OC)cc1. The second-order valence-electron chi connectivity index (χ2n) is 5.87. The molecule has 2 aromatic rings. The topological polar surface area (TPSA) is 58.6 Å². The molecule has 0 aromatic heterocycles. The summed E-state index contributed by atoms with van der Waals surface area (Å²) in [5, 5.41) is 2.90. The summed E-state index contributed by atoms with van der Waals surface area (Å²) in [7, 11) is 1.64. The molecule has 5 nitrogen and oxygen atoms in total. The molecule has 1 N–H and O–H groups in total. The third-order valence-electron chi connectivity index (χ3n) is 4.32. The lowest BCUT2D eigenvalue weighted by atomic mass is 10.1. The van der Waals surface area contributed by atoms with Gasteiger partial charge in [0.05, 0.1) is 7.11 Å². The summed E-state index contributed by atoms with van der Waals surface area (Å²) in [6, 6.07) is 14.5. The fraction of sp³-hybridized carbons (Fsp3) is 0.333. The summed E-state index contributed by atoms with van der Waals surface area (Å²) in [5.74, 6) is 0.654. The second kappa shape index (κ2) is 9.61. The van der Waals surface area contributed by atoms with Crippen LogP contribution in [-0.2, 0) is 6.42 Å². The quantitative estimate of drug-likeness (QED) is 0.792. The highest BCUT2D eigenvalue weighted by molar-refractivity contribution is 5.97. The molecule has 2 rings (SSSR count). The molecule has 0 atom stereocenters. The molecule has 0 aliphatic heterocycles. The van der Waals surface area contributed by atoms with Crippen molar-refractivity contribution in [3.8, 4) is 5.75 Å². The van der Waals surface area contributed by atoms with Gasteiger partial charge in [-0.1, -0.05) is 18.2 Å². The summed E-state index contributed by atoms with van der Waals surface area (Å²) < 4.78 is 5.31. The number of benzene rings is 2. The summed E-state index contributed by atoms with van der Waals surface area (Å²) in [6.07, 6.45) is 0.689. The van der Waals surface area contributed by atoms with E-state index in [4.69, 9.17) is 4.74 Å². The number of amides is 2. The molecule has 0 radical (unpaired) electrons. The molecule has 0 aliphatic carbocycles. The van der Waals surface area contributed by atoms with E-state index < -0.39 is 0 Å². The van der Waals surface area contributed by atoms with Crippen LogP contribution in [0.2, 0.25) is 0 Å². The molecule has 5 heteroatoms. The van der Waals surface area contributed by atoms with E-state index in [0.29, 0.717) is 37.2 Å². The van der Waals surface area contributed by atoms with Crippen molar-refractivity contribution in [3.63, 3.8) is 0 Å². The molecule has 0 heterocycles. The van der Waals surface area contributed by atoms with Crippen LogP contribution in [0.5, 0.6) is 5.75 Å². The lowest BCUT2D eigenvalue weighted by Crippen LogP contribution is -2.30. The predicted molar refractivity (Wildman–Crippen MR) is 103 cm³/mol. The molecule has 2 amide bonds. The van der Waals surface area contributed by atoms with Crippen molar-refractivity contribution in [3.05, 3.63) is 65.2 Å². The number of rotatable bonds is 8. The number of para-hydroxylation sites is 1. The highest BCUT2D eigenvalue weighted by Gasteiger charge is 2.13. The van der Waals surface area contributed by atoms with Crippen LogP contribution in [0.4, 0.5) is 0 Å². The zero-order chi connectivity index (χ0) is 18.9. The first-order valence-corrected chi connectivity index (χ1v) is 8.90. The molecule has 138 valence electrons. The van der Waals surface area contributed by atoms with E-state index in [1.54, 1.807) is 36.3 Å². The number of hydrogen-bond donors (Lipinski definition) is 1. The third-order valence-corrected chi connectivity index (χ3v) is 4.32. The van der Waals surface area contributed by atoms with E-state index in [1.165, 1.54) is 0 Å². The monoisotopic (exact) mass is 354 g/mol. The Balaban J connectivity index is 1.92. The summed E-state index contributed by atoms with van der Waals surface area (Å²) in [4.78, 5) is 26.3. The Labute approximate surface area is 155 Å². The van der Waals surface area contributed by atoms with Crippen LogP contribution in [0.15, 0.2) is 48.5 Å². The third kappa shape index (κ3) is 4.85. The molecular formula is C21H26N2O3. The standard InChI is InChI=1S/C21H26N2O3/c1-4-23(5-2)21(25)18-12-10-17(11-13-18)20(24)22-15-14-16-8-6-7-9-19(16)26-3/h6-13H,4-5,14-15H2,1-3H3,(H,22,24). The Morgan fingerprint density at radius 2 is 1.58 bits per heavy atom. The zero-order valence-corrected chi connectivity index (χ0v) is 15.6. The molecule has 0 aliphatic rings. The maximum absolute atomic E-state index is 12.3. The Hall–Kier alpha value is -2.82. The van der Waals surface area contributed by atoms with E-state index in [9.17, 15) is 9.59 Å². The second-order valence-corrected chi connectivity index (χ2v) is 5.87. The van der Waals surface area contributed by atoms with Crippen molar-refractivity contribution >= 4 is 11.8 Å². The molecular weight excluding hydrogens is 328 g/mol. The Morgan fingerprint density at radius 3 is 2.19 bits per heavy atom. The van der Waals surface area contributed by atoms with Gasteiger partial charge in [0.25, 0.3) is 11.8 Å². The van der Waals surface area contributed by atoms with Gasteiger partial charge in [-0.25, -0.2) is 0 Å². The molecule has 26 heavy (non-hydrogen) atoms. The van der Waals surface area contributed by atoms with Gasteiger partial charge in [0.2, 0.25) is 0 Å². The average Bonchev–Trinajstić information content (AvgIpc) is 2.69. The van der Waals surface area contributed by atoms with Crippen LogP contribution < -0.4 is 10.1 Å². The fourth-order valence-corrected chi connectivity index (χ4v) is 2.78. The molecule has 0 bridgehead atoms. The molecule has 0 unspecified atom stereocenters. The van der Waals surface area contributed by atoms with E-state index in [1.807, 2.05) is 38.1 Å². The first-order valence-electron chi connectivity index (χ1n) is 8.90. The number of hydrogen-bond acceptors (Lipinski definition) is 3. The highest BCUT2D eigenvalue weighted by atomic mass is 16.5. The first kappa shape index (κ1) is 19.5. The average molecular weight is 354 g/mol. The summed E-state index contributed by atoms with van der Waals surface area (Å²) >= 11 is 0. The van der Waals surface area contributed by atoms with Gasteiger partial charge in [-0.2, -0.15) is 0 Å². The first-order chi connectivity index (χ1) is 12.6. The van der Waals surface area contributed by atoms with Crippen LogP contribution in [-0.4, -0.2) is 43.5 Å². The van der Waals surface area contributed by atoms with Crippen LogP contribution in [0.25, 0.3) is 0 Å². The largest absolute Gasteiger partial charge is 0.496 e.